The van der Waals surface area contributed by atoms with Gasteiger partial charge in [0.05, 0.1) is 11.9 Å². The summed E-state index contributed by atoms with van der Waals surface area (Å²) < 4.78 is 0. The minimum atomic E-state index is 0.159. The summed E-state index contributed by atoms with van der Waals surface area (Å²) in [4.78, 5) is 2.18. The van der Waals surface area contributed by atoms with Gasteiger partial charge in [0.1, 0.15) is 0 Å². The standard InChI is InChI=1S/C11H21N3/c1-8(14(5)6)10-9(7-12-13-10)11(2,3)4/h7-8H,1-6H3,(H,12,13). The molecule has 1 aromatic rings. The molecule has 3 nitrogen and oxygen atoms in total. The Hall–Kier alpha value is -0.830. The van der Waals surface area contributed by atoms with Gasteiger partial charge < -0.3 is 4.90 Å². The molecule has 1 heterocycles. The number of hydrogen-bond acceptors (Lipinski definition) is 2. The van der Waals surface area contributed by atoms with Crippen LogP contribution in [0.4, 0.5) is 0 Å². The third-order valence-corrected chi connectivity index (χ3v) is 2.67. The number of aromatic nitrogens is 2. The molecule has 1 rings (SSSR count). The summed E-state index contributed by atoms with van der Waals surface area (Å²) >= 11 is 0. The second-order valence-corrected chi connectivity index (χ2v) is 5.09. The molecule has 0 amide bonds. The van der Waals surface area contributed by atoms with E-state index in [1.54, 1.807) is 0 Å². The van der Waals surface area contributed by atoms with Crippen molar-refractivity contribution in [1.29, 1.82) is 0 Å². The third kappa shape index (κ3) is 2.15. The molecule has 0 radical (unpaired) electrons. The highest BCUT2D eigenvalue weighted by Crippen LogP contribution is 2.29. The van der Waals surface area contributed by atoms with Crippen LogP contribution in [0.15, 0.2) is 6.20 Å². The normalized spacial score (nSPS) is 14.8. The zero-order chi connectivity index (χ0) is 10.9. The molecule has 0 aromatic carbocycles. The first-order valence-electron chi connectivity index (χ1n) is 5.04. The van der Waals surface area contributed by atoms with Crippen molar-refractivity contribution >= 4 is 0 Å². The maximum absolute atomic E-state index is 4.14. The molecule has 0 spiro atoms. The van der Waals surface area contributed by atoms with Crippen LogP contribution in [-0.4, -0.2) is 29.2 Å². The Morgan fingerprint density at radius 3 is 2.36 bits per heavy atom. The topological polar surface area (TPSA) is 31.9 Å². The van der Waals surface area contributed by atoms with Gasteiger partial charge in [0.15, 0.2) is 0 Å². The van der Waals surface area contributed by atoms with Gasteiger partial charge in [0.2, 0.25) is 0 Å². The van der Waals surface area contributed by atoms with Gasteiger partial charge in [0.25, 0.3) is 0 Å². The van der Waals surface area contributed by atoms with Crippen LogP contribution in [-0.2, 0) is 5.41 Å². The highest BCUT2D eigenvalue weighted by atomic mass is 15.2. The number of H-pyrrole nitrogens is 1. The average Bonchev–Trinajstić information content (AvgIpc) is 2.48. The summed E-state index contributed by atoms with van der Waals surface area (Å²) in [5.41, 5.74) is 2.69. The minimum Gasteiger partial charge on any atom is -0.301 e. The fourth-order valence-corrected chi connectivity index (χ4v) is 1.47. The molecule has 0 bridgehead atoms. The van der Waals surface area contributed by atoms with Crippen LogP contribution in [0.3, 0.4) is 0 Å². The molecule has 0 aliphatic rings. The van der Waals surface area contributed by atoms with E-state index in [4.69, 9.17) is 0 Å². The van der Waals surface area contributed by atoms with Gasteiger partial charge in [-0.2, -0.15) is 5.10 Å². The van der Waals surface area contributed by atoms with Gasteiger partial charge in [-0.3, -0.25) is 5.10 Å². The van der Waals surface area contributed by atoms with Crippen LogP contribution in [0.25, 0.3) is 0 Å². The van der Waals surface area contributed by atoms with Crippen molar-refractivity contribution in [3.8, 4) is 0 Å². The molecule has 1 unspecified atom stereocenters. The molecule has 0 fully saturated rings. The van der Waals surface area contributed by atoms with Crippen molar-refractivity contribution in [1.82, 2.24) is 15.1 Å². The first-order chi connectivity index (χ1) is 6.34. The lowest BCUT2D eigenvalue weighted by Gasteiger charge is -2.24. The van der Waals surface area contributed by atoms with E-state index in [1.807, 2.05) is 6.20 Å². The van der Waals surface area contributed by atoms with Gasteiger partial charge in [-0.15, -0.1) is 0 Å². The number of hydrogen-bond donors (Lipinski definition) is 1. The second-order valence-electron chi connectivity index (χ2n) is 5.09. The monoisotopic (exact) mass is 195 g/mol. The highest BCUT2D eigenvalue weighted by Gasteiger charge is 2.23. The van der Waals surface area contributed by atoms with Gasteiger partial charge >= 0.3 is 0 Å². The molecule has 1 atom stereocenters. The van der Waals surface area contributed by atoms with E-state index in [-0.39, 0.29) is 5.41 Å². The fourth-order valence-electron chi connectivity index (χ4n) is 1.47. The van der Waals surface area contributed by atoms with Crippen molar-refractivity contribution in [2.24, 2.45) is 0 Å². The van der Waals surface area contributed by atoms with Crippen LogP contribution in [0.5, 0.6) is 0 Å². The van der Waals surface area contributed by atoms with Crippen LogP contribution in [0.1, 0.15) is 45.0 Å². The fraction of sp³-hybridized carbons (Fsp3) is 0.727. The largest absolute Gasteiger partial charge is 0.301 e. The average molecular weight is 195 g/mol. The second kappa shape index (κ2) is 3.73. The molecule has 14 heavy (non-hydrogen) atoms. The maximum atomic E-state index is 4.14. The van der Waals surface area contributed by atoms with E-state index < -0.39 is 0 Å². The predicted molar refractivity (Wildman–Crippen MR) is 59.4 cm³/mol. The van der Waals surface area contributed by atoms with E-state index in [2.05, 4.69) is 56.9 Å². The molecule has 3 heteroatoms. The lowest BCUT2D eigenvalue weighted by atomic mass is 9.86. The van der Waals surface area contributed by atoms with Crippen molar-refractivity contribution in [3.63, 3.8) is 0 Å². The molecular weight excluding hydrogens is 174 g/mol. The van der Waals surface area contributed by atoms with Crippen LogP contribution >= 0.6 is 0 Å². The van der Waals surface area contributed by atoms with Crippen molar-refractivity contribution < 1.29 is 0 Å². The molecule has 0 saturated heterocycles. The predicted octanol–water partition coefficient (Wildman–Crippen LogP) is 2.33. The molecule has 80 valence electrons. The summed E-state index contributed by atoms with van der Waals surface area (Å²) in [6.45, 7) is 8.82. The summed E-state index contributed by atoms with van der Waals surface area (Å²) in [5, 5.41) is 7.24. The maximum Gasteiger partial charge on any atom is 0.0558 e. The summed E-state index contributed by atoms with van der Waals surface area (Å²) in [6.07, 6.45) is 1.94. The zero-order valence-electron chi connectivity index (χ0n) is 10.0. The Balaban J connectivity index is 3.05. The van der Waals surface area contributed by atoms with E-state index >= 15 is 0 Å². The molecule has 0 saturated carbocycles. The molecule has 1 aromatic heterocycles. The van der Waals surface area contributed by atoms with Crippen LogP contribution in [0.2, 0.25) is 0 Å². The van der Waals surface area contributed by atoms with E-state index in [9.17, 15) is 0 Å². The van der Waals surface area contributed by atoms with Gasteiger partial charge in [-0.1, -0.05) is 20.8 Å². The SMILES string of the molecule is CC(c1[nH]ncc1C(C)(C)C)N(C)C. The Morgan fingerprint density at radius 2 is 1.93 bits per heavy atom. The smallest absolute Gasteiger partial charge is 0.0558 e. The molecular formula is C11H21N3. The van der Waals surface area contributed by atoms with E-state index in [0.29, 0.717) is 6.04 Å². The lowest BCUT2D eigenvalue weighted by Crippen LogP contribution is -2.21. The third-order valence-electron chi connectivity index (χ3n) is 2.67. The summed E-state index contributed by atoms with van der Waals surface area (Å²) in [7, 11) is 4.16. The Kier molecular flexibility index (Phi) is 3.00. The van der Waals surface area contributed by atoms with Crippen LogP contribution < -0.4 is 0 Å². The number of nitrogens with one attached hydrogen (secondary N) is 1. The summed E-state index contributed by atoms with van der Waals surface area (Å²) in [5.74, 6) is 0. The minimum absolute atomic E-state index is 0.159. The molecule has 0 aliphatic heterocycles. The highest BCUT2D eigenvalue weighted by molar-refractivity contribution is 5.26. The molecule has 1 N–H and O–H groups in total. The first-order valence-corrected chi connectivity index (χ1v) is 5.04. The number of aromatic amines is 1. The number of rotatable bonds is 2. The van der Waals surface area contributed by atoms with Crippen molar-refractivity contribution in [2.75, 3.05) is 14.1 Å². The Morgan fingerprint density at radius 1 is 1.36 bits per heavy atom. The lowest BCUT2D eigenvalue weighted by molar-refractivity contribution is 0.311. The zero-order valence-corrected chi connectivity index (χ0v) is 10.0. The van der Waals surface area contributed by atoms with Crippen molar-refractivity contribution in [2.45, 2.75) is 39.2 Å². The van der Waals surface area contributed by atoms with E-state index in [1.165, 1.54) is 11.3 Å². The Labute approximate surface area is 86.5 Å². The van der Waals surface area contributed by atoms with Gasteiger partial charge in [-0.25, -0.2) is 0 Å². The van der Waals surface area contributed by atoms with E-state index in [0.717, 1.165) is 0 Å². The Bertz CT molecular complexity index is 294. The summed E-state index contributed by atoms with van der Waals surface area (Å²) in [6, 6.07) is 0.381. The van der Waals surface area contributed by atoms with Crippen LogP contribution in [0, 0.1) is 0 Å². The quantitative estimate of drug-likeness (QED) is 0.785. The van der Waals surface area contributed by atoms with Gasteiger partial charge in [-0.05, 0) is 32.0 Å². The van der Waals surface area contributed by atoms with Crippen molar-refractivity contribution in [3.05, 3.63) is 17.5 Å². The van der Waals surface area contributed by atoms with Gasteiger partial charge in [0, 0.05) is 6.04 Å². The number of nitrogens with zero attached hydrogens (tertiary/aromatic N) is 2. The first kappa shape index (κ1) is 11.2. The molecule has 0 aliphatic carbocycles.